The number of anilines is 2. The van der Waals surface area contributed by atoms with Gasteiger partial charge in [0.2, 0.25) is 5.91 Å². The van der Waals surface area contributed by atoms with E-state index >= 15 is 0 Å². The average Bonchev–Trinajstić information content (AvgIpc) is 3.39. The Morgan fingerprint density at radius 3 is 2.64 bits per heavy atom. The number of nitrogens with one attached hydrogen (secondary N) is 1. The molecule has 0 bridgehead atoms. The minimum absolute atomic E-state index is 0.254. The molecular formula is C20H20N4O3S. The van der Waals surface area contributed by atoms with Crippen LogP contribution in [0.1, 0.15) is 31.7 Å². The number of hydrogen-bond acceptors (Lipinski definition) is 4. The van der Waals surface area contributed by atoms with Crippen LogP contribution in [0.4, 0.5) is 11.5 Å². The maximum atomic E-state index is 13.0. The van der Waals surface area contributed by atoms with Gasteiger partial charge >= 0.3 is 0 Å². The molecule has 1 N–H and O–H groups in total. The van der Waals surface area contributed by atoms with Crippen molar-refractivity contribution < 1.29 is 13.2 Å². The van der Waals surface area contributed by atoms with Crippen LogP contribution in [0.5, 0.6) is 0 Å². The first kappa shape index (κ1) is 17.2. The van der Waals surface area contributed by atoms with Gasteiger partial charge in [0, 0.05) is 11.5 Å². The van der Waals surface area contributed by atoms with E-state index in [1.165, 1.54) is 4.31 Å². The topological polar surface area (TPSA) is 84.3 Å². The average molecular weight is 396 g/mol. The zero-order valence-electron chi connectivity index (χ0n) is 15.2. The van der Waals surface area contributed by atoms with Crippen molar-refractivity contribution in [1.82, 2.24) is 9.78 Å². The molecule has 2 aliphatic rings. The van der Waals surface area contributed by atoms with Crippen LogP contribution in [0.25, 0.3) is 10.8 Å². The summed E-state index contributed by atoms with van der Waals surface area (Å²) in [5.41, 5.74) is 0.549. The second-order valence-corrected chi connectivity index (χ2v) is 9.12. The van der Waals surface area contributed by atoms with E-state index < -0.39 is 10.0 Å². The van der Waals surface area contributed by atoms with Crippen LogP contribution in [-0.2, 0) is 14.8 Å². The summed E-state index contributed by atoms with van der Waals surface area (Å²) in [6.07, 6.45) is 6.07. The fourth-order valence-electron chi connectivity index (χ4n) is 4.29. The largest absolute Gasteiger partial charge is 0.309 e. The molecule has 1 fully saturated rings. The molecule has 1 aliphatic heterocycles. The van der Waals surface area contributed by atoms with Crippen LogP contribution < -0.4 is 9.62 Å². The Labute approximate surface area is 163 Å². The van der Waals surface area contributed by atoms with Crippen LogP contribution in [0.15, 0.2) is 53.6 Å². The van der Waals surface area contributed by atoms with Gasteiger partial charge < -0.3 is 5.32 Å². The number of benzene rings is 2. The Hall–Kier alpha value is -2.87. The molecule has 5 rings (SSSR count). The quantitative estimate of drug-likeness (QED) is 0.733. The minimum atomic E-state index is -3.75. The van der Waals surface area contributed by atoms with Crippen molar-refractivity contribution in [3.8, 4) is 0 Å². The molecule has 0 saturated heterocycles. The predicted molar refractivity (Wildman–Crippen MR) is 107 cm³/mol. The Morgan fingerprint density at radius 2 is 1.86 bits per heavy atom. The van der Waals surface area contributed by atoms with Gasteiger partial charge in [-0.05, 0) is 30.4 Å². The lowest BCUT2D eigenvalue weighted by Gasteiger charge is -2.19. The summed E-state index contributed by atoms with van der Waals surface area (Å²) in [6.45, 7) is -0.272. The van der Waals surface area contributed by atoms with Gasteiger partial charge in [0.05, 0.1) is 22.8 Å². The maximum Gasteiger partial charge on any atom is 0.265 e. The van der Waals surface area contributed by atoms with E-state index in [1.54, 1.807) is 30.5 Å². The van der Waals surface area contributed by atoms with E-state index in [0.717, 1.165) is 31.1 Å². The van der Waals surface area contributed by atoms with Crippen LogP contribution in [-0.4, -0.2) is 30.7 Å². The van der Waals surface area contributed by atoms with Gasteiger partial charge in [-0.2, -0.15) is 5.10 Å². The summed E-state index contributed by atoms with van der Waals surface area (Å²) in [5.74, 6) is 0.234. The second kappa shape index (κ2) is 6.34. The molecule has 28 heavy (non-hydrogen) atoms. The summed E-state index contributed by atoms with van der Waals surface area (Å²) in [4.78, 5) is 13.0. The molecule has 7 nitrogen and oxygen atoms in total. The van der Waals surface area contributed by atoms with Gasteiger partial charge in [0.25, 0.3) is 10.0 Å². The lowest BCUT2D eigenvalue weighted by molar-refractivity contribution is -0.114. The number of nitrogens with zero attached hydrogens (tertiary/aromatic N) is 3. The lowest BCUT2D eigenvalue weighted by Crippen LogP contribution is -2.36. The van der Waals surface area contributed by atoms with Crippen molar-refractivity contribution in [2.24, 2.45) is 0 Å². The monoisotopic (exact) mass is 396 g/mol. The predicted octanol–water partition coefficient (Wildman–Crippen LogP) is 3.30. The van der Waals surface area contributed by atoms with Crippen molar-refractivity contribution >= 4 is 38.2 Å². The van der Waals surface area contributed by atoms with E-state index in [4.69, 9.17) is 0 Å². The molecule has 8 heteroatoms. The highest BCUT2D eigenvalue weighted by molar-refractivity contribution is 7.93. The third-order valence-corrected chi connectivity index (χ3v) is 7.38. The first-order valence-electron chi connectivity index (χ1n) is 9.43. The Balaban J connectivity index is 1.42. The van der Waals surface area contributed by atoms with Gasteiger partial charge in [-0.1, -0.05) is 37.1 Å². The molecular weight excluding hydrogens is 376 g/mol. The van der Waals surface area contributed by atoms with Gasteiger partial charge in [0.1, 0.15) is 12.4 Å². The molecule has 0 spiro atoms. The highest BCUT2D eigenvalue weighted by Gasteiger charge is 2.36. The number of carbonyl (C=O) groups excluding carboxylic acids is 1. The fourth-order valence-corrected chi connectivity index (χ4v) is 5.96. The highest BCUT2D eigenvalue weighted by Crippen LogP contribution is 2.41. The molecule has 0 atom stereocenters. The van der Waals surface area contributed by atoms with Gasteiger partial charge in [-0.15, -0.1) is 0 Å². The van der Waals surface area contributed by atoms with E-state index in [-0.39, 0.29) is 17.3 Å². The van der Waals surface area contributed by atoms with E-state index in [1.807, 2.05) is 22.9 Å². The first-order chi connectivity index (χ1) is 13.6. The van der Waals surface area contributed by atoms with E-state index in [2.05, 4.69) is 10.4 Å². The molecule has 1 aromatic heterocycles. The molecule has 0 unspecified atom stereocenters. The van der Waals surface area contributed by atoms with E-state index in [9.17, 15) is 13.2 Å². The molecule has 144 valence electrons. The summed E-state index contributed by atoms with van der Waals surface area (Å²) in [6, 6.07) is 12.7. The number of rotatable bonds is 4. The minimum Gasteiger partial charge on any atom is -0.309 e. The zero-order chi connectivity index (χ0) is 19.3. The molecule has 1 saturated carbocycles. The van der Waals surface area contributed by atoms with Gasteiger partial charge in [0.15, 0.2) is 0 Å². The van der Waals surface area contributed by atoms with Crippen LogP contribution in [0.3, 0.4) is 0 Å². The van der Waals surface area contributed by atoms with Crippen LogP contribution in [0, 0.1) is 0 Å². The van der Waals surface area contributed by atoms with E-state index in [0.29, 0.717) is 22.9 Å². The van der Waals surface area contributed by atoms with Crippen LogP contribution >= 0.6 is 0 Å². The maximum absolute atomic E-state index is 13.0. The number of sulfonamides is 1. The van der Waals surface area contributed by atoms with Crippen LogP contribution in [0.2, 0.25) is 0 Å². The summed E-state index contributed by atoms with van der Waals surface area (Å²) in [5, 5.41) is 8.71. The fraction of sp³-hybridized carbons (Fsp3) is 0.300. The Kier molecular flexibility index (Phi) is 3.90. The number of amides is 1. The third-order valence-electron chi connectivity index (χ3n) is 5.58. The number of carbonyl (C=O) groups is 1. The van der Waals surface area contributed by atoms with Gasteiger partial charge in [-0.3, -0.25) is 9.10 Å². The SMILES string of the molecule is O=C(CN1c2cccc3cccc(c23)S1(=O)=O)Nc1ccnn1C1CCCC1. The first-order valence-corrected chi connectivity index (χ1v) is 10.9. The number of hydrogen-bond donors (Lipinski definition) is 1. The van der Waals surface area contributed by atoms with Crippen molar-refractivity contribution in [1.29, 1.82) is 0 Å². The van der Waals surface area contributed by atoms with Crippen molar-refractivity contribution in [2.45, 2.75) is 36.6 Å². The summed E-state index contributed by atoms with van der Waals surface area (Å²) in [7, 11) is -3.75. The normalized spacial score (nSPS) is 18.1. The lowest BCUT2D eigenvalue weighted by atomic mass is 10.1. The molecule has 2 aromatic carbocycles. The zero-order valence-corrected chi connectivity index (χ0v) is 16.0. The third kappa shape index (κ3) is 2.59. The second-order valence-electron chi connectivity index (χ2n) is 7.29. The highest BCUT2D eigenvalue weighted by atomic mass is 32.2. The Morgan fingerprint density at radius 1 is 1.11 bits per heavy atom. The van der Waals surface area contributed by atoms with Crippen molar-refractivity contribution in [2.75, 3.05) is 16.2 Å². The van der Waals surface area contributed by atoms with Crippen molar-refractivity contribution in [3.05, 3.63) is 48.7 Å². The molecule has 1 amide bonds. The summed E-state index contributed by atoms with van der Waals surface area (Å²) < 4.78 is 29.1. The van der Waals surface area contributed by atoms with Gasteiger partial charge in [-0.25, -0.2) is 13.1 Å². The Bertz CT molecular complexity index is 1170. The summed E-state index contributed by atoms with van der Waals surface area (Å²) >= 11 is 0. The van der Waals surface area contributed by atoms with Crippen molar-refractivity contribution in [3.63, 3.8) is 0 Å². The number of aromatic nitrogens is 2. The molecule has 1 aliphatic carbocycles. The molecule has 2 heterocycles. The smallest absolute Gasteiger partial charge is 0.265 e. The molecule has 0 radical (unpaired) electrons. The standard InChI is InChI=1S/C20H20N4O3S/c25-19(22-18-11-12-21-24(18)15-7-1-2-8-15)13-23-16-9-3-5-14-6-4-10-17(20(14)16)28(23,26)27/h3-6,9-12,15H,1-2,7-8,13H2,(H,22,25). The molecule has 3 aromatic rings.